The zero-order valence-electron chi connectivity index (χ0n) is 10.8. The van der Waals surface area contributed by atoms with Gasteiger partial charge in [0.15, 0.2) is 5.43 Å². The molecule has 2 N–H and O–H groups in total. The summed E-state index contributed by atoms with van der Waals surface area (Å²) in [5.41, 5.74) is 5.21. The predicted molar refractivity (Wildman–Crippen MR) is 82.5 cm³/mol. The summed E-state index contributed by atoms with van der Waals surface area (Å²) in [7, 11) is 0. The van der Waals surface area contributed by atoms with Crippen molar-refractivity contribution < 1.29 is 0 Å². The van der Waals surface area contributed by atoms with Crippen molar-refractivity contribution in [1.29, 1.82) is 0 Å². The van der Waals surface area contributed by atoms with Crippen LogP contribution < -0.4 is 10.9 Å². The van der Waals surface area contributed by atoms with Crippen LogP contribution in [0.1, 0.15) is 12.6 Å². The maximum atomic E-state index is 11.3. The highest BCUT2D eigenvalue weighted by Crippen LogP contribution is 2.25. The molecule has 0 aliphatic carbocycles. The summed E-state index contributed by atoms with van der Waals surface area (Å²) in [5.74, 6) is 0. The molecule has 0 saturated carbocycles. The quantitative estimate of drug-likeness (QED) is 0.574. The molecule has 0 bridgehead atoms. The number of rotatable bonds is 3. The van der Waals surface area contributed by atoms with Crippen molar-refractivity contribution in [2.24, 2.45) is 5.10 Å². The molecule has 2 heterocycles. The second kappa shape index (κ2) is 5.26. The molecule has 0 spiro atoms. The van der Waals surface area contributed by atoms with E-state index in [1.165, 1.54) is 23.5 Å². The van der Waals surface area contributed by atoms with Crippen molar-refractivity contribution in [2.75, 3.05) is 5.43 Å². The standard InChI is InChI=1S/C14H12N4OS/c1-9(12-8-10(19)6-7-15-12)17-18-14-16-11-4-2-3-5-13(11)20-14/h2-8H,1H3,(H,15,19)(H,16,18)/b17-9+. The molecule has 0 aliphatic heterocycles. The highest BCUT2D eigenvalue weighted by molar-refractivity contribution is 7.22. The van der Waals surface area contributed by atoms with Gasteiger partial charge in [-0.1, -0.05) is 23.5 Å². The first-order chi connectivity index (χ1) is 9.72. The molecule has 3 rings (SSSR count). The molecule has 3 aromatic rings. The monoisotopic (exact) mass is 284 g/mol. The van der Waals surface area contributed by atoms with Crippen molar-refractivity contribution in [1.82, 2.24) is 9.97 Å². The molecular formula is C14H12N4OS. The van der Waals surface area contributed by atoms with Crippen LogP contribution in [-0.2, 0) is 0 Å². The lowest BCUT2D eigenvalue weighted by molar-refractivity contribution is 1.23. The number of hydrogen-bond acceptors (Lipinski definition) is 5. The second-order valence-corrected chi connectivity index (χ2v) is 5.26. The zero-order chi connectivity index (χ0) is 13.9. The van der Waals surface area contributed by atoms with Gasteiger partial charge in [-0.05, 0) is 19.1 Å². The SMILES string of the molecule is C/C(=N\Nc1nc2ccccc2s1)c1cc(=O)cc[nH]1. The number of nitrogens with zero attached hydrogens (tertiary/aromatic N) is 2. The van der Waals surface area contributed by atoms with Gasteiger partial charge in [0.05, 0.1) is 21.6 Å². The van der Waals surface area contributed by atoms with Crippen LogP contribution in [0.2, 0.25) is 0 Å². The summed E-state index contributed by atoms with van der Waals surface area (Å²) >= 11 is 1.54. The van der Waals surface area contributed by atoms with Gasteiger partial charge in [-0.3, -0.25) is 10.2 Å². The number of nitrogens with one attached hydrogen (secondary N) is 2. The Kier molecular flexibility index (Phi) is 3.30. The van der Waals surface area contributed by atoms with Crippen molar-refractivity contribution in [2.45, 2.75) is 6.92 Å². The average molecular weight is 284 g/mol. The lowest BCUT2D eigenvalue weighted by atomic mass is 10.2. The number of fused-ring (bicyclic) bond motifs is 1. The van der Waals surface area contributed by atoms with Gasteiger partial charge >= 0.3 is 0 Å². The fourth-order valence-electron chi connectivity index (χ4n) is 1.77. The summed E-state index contributed by atoms with van der Waals surface area (Å²) in [5, 5.41) is 4.97. The normalized spacial score (nSPS) is 11.8. The second-order valence-electron chi connectivity index (χ2n) is 4.23. The minimum absolute atomic E-state index is 0.0479. The van der Waals surface area contributed by atoms with Crippen LogP contribution in [0.25, 0.3) is 10.2 Å². The molecule has 0 atom stereocenters. The molecule has 6 heteroatoms. The van der Waals surface area contributed by atoms with Crippen LogP contribution in [0, 0.1) is 0 Å². The third-order valence-electron chi connectivity index (χ3n) is 2.78. The highest BCUT2D eigenvalue weighted by Gasteiger charge is 2.02. The van der Waals surface area contributed by atoms with Crippen molar-refractivity contribution in [3.63, 3.8) is 0 Å². The summed E-state index contributed by atoms with van der Waals surface area (Å²) in [6.45, 7) is 1.82. The van der Waals surface area contributed by atoms with E-state index in [1.807, 2.05) is 31.2 Å². The maximum Gasteiger partial charge on any atom is 0.204 e. The minimum atomic E-state index is -0.0479. The molecule has 0 fully saturated rings. The van der Waals surface area contributed by atoms with Gasteiger partial charge in [-0.25, -0.2) is 4.98 Å². The average Bonchev–Trinajstić information content (AvgIpc) is 2.87. The minimum Gasteiger partial charge on any atom is -0.360 e. The van der Waals surface area contributed by atoms with E-state index < -0.39 is 0 Å². The molecule has 0 amide bonds. The lowest BCUT2D eigenvalue weighted by Crippen LogP contribution is -2.07. The van der Waals surface area contributed by atoms with Gasteiger partial charge in [0.25, 0.3) is 0 Å². The van der Waals surface area contributed by atoms with Crippen molar-refractivity contribution >= 4 is 32.4 Å². The number of para-hydroxylation sites is 1. The fraction of sp³-hybridized carbons (Fsp3) is 0.0714. The van der Waals surface area contributed by atoms with Crippen molar-refractivity contribution in [3.8, 4) is 0 Å². The Labute approximate surface area is 119 Å². The molecule has 20 heavy (non-hydrogen) atoms. The molecular weight excluding hydrogens is 272 g/mol. The van der Waals surface area contributed by atoms with E-state index in [9.17, 15) is 4.79 Å². The van der Waals surface area contributed by atoms with E-state index in [1.54, 1.807) is 6.20 Å². The van der Waals surface area contributed by atoms with Crippen LogP contribution in [-0.4, -0.2) is 15.7 Å². The van der Waals surface area contributed by atoms with E-state index >= 15 is 0 Å². The van der Waals surface area contributed by atoms with Gasteiger partial charge < -0.3 is 4.98 Å². The Hall–Kier alpha value is -2.47. The Morgan fingerprint density at radius 1 is 1.35 bits per heavy atom. The number of hydrogen-bond donors (Lipinski definition) is 2. The number of benzene rings is 1. The Balaban J connectivity index is 1.84. The molecule has 100 valence electrons. The van der Waals surface area contributed by atoms with Gasteiger partial charge in [0.1, 0.15) is 0 Å². The third kappa shape index (κ3) is 2.60. The highest BCUT2D eigenvalue weighted by atomic mass is 32.1. The maximum absolute atomic E-state index is 11.3. The van der Waals surface area contributed by atoms with Crippen LogP contribution in [0.5, 0.6) is 0 Å². The predicted octanol–water partition coefficient (Wildman–Crippen LogP) is 2.82. The molecule has 1 aromatic carbocycles. The van der Waals surface area contributed by atoms with E-state index in [2.05, 4.69) is 20.5 Å². The topological polar surface area (TPSA) is 70.1 Å². The number of thiazole rings is 1. The number of anilines is 1. The molecule has 0 unspecified atom stereocenters. The van der Waals surface area contributed by atoms with Crippen LogP contribution in [0.4, 0.5) is 5.13 Å². The smallest absolute Gasteiger partial charge is 0.204 e. The zero-order valence-corrected chi connectivity index (χ0v) is 11.6. The third-order valence-corrected chi connectivity index (χ3v) is 3.72. The summed E-state index contributed by atoms with van der Waals surface area (Å²) < 4.78 is 1.11. The number of aromatic amines is 1. The number of H-pyrrole nitrogens is 1. The van der Waals surface area contributed by atoms with E-state index in [-0.39, 0.29) is 5.43 Å². The van der Waals surface area contributed by atoms with Gasteiger partial charge in [0.2, 0.25) is 5.13 Å². The van der Waals surface area contributed by atoms with Crippen LogP contribution in [0.15, 0.2) is 52.5 Å². The number of aromatic nitrogens is 2. The summed E-state index contributed by atoms with van der Waals surface area (Å²) in [6, 6.07) is 10.9. The first-order valence-electron chi connectivity index (χ1n) is 6.07. The van der Waals surface area contributed by atoms with Crippen LogP contribution in [0.3, 0.4) is 0 Å². The molecule has 0 radical (unpaired) electrons. The van der Waals surface area contributed by atoms with E-state index in [0.717, 1.165) is 15.3 Å². The molecule has 5 nitrogen and oxygen atoms in total. The van der Waals surface area contributed by atoms with Crippen molar-refractivity contribution in [3.05, 3.63) is 58.5 Å². The van der Waals surface area contributed by atoms with Gasteiger partial charge in [-0.2, -0.15) is 5.10 Å². The molecule has 2 aromatic heterocycles. The van der Waals surface area contributed by atoms with E-state index in [0.29, 0.717) is 11.4 Å². The fourth-order valence-corrected chi connectivity index (χ4v) is 2.57. The largest absolute Gasteiger partial charge is 0.360 e. The van der Waals surface area contributed by atoms with Crippen LogP contribution >= 0.6 is 11.3 Å². The summed E-state index contributed by atoms with van der Waals surface area (Å²) in [6.07, 6.45) is 1.61. The number of hydrazone groups is 1. The van der Waals surface area contributed by atoms with Gasteiger partial charge in [0, 0.05) is 18.3 Å². The van der Waals surface area contributed by atoms with E-state index in [4.69, 9.17) is 0 Å². The summed E-state index contributed by atoms with van der Waals surface area (Å²) in [4.78, 5) is 18.7. The lowest BCUT2D eigenvalue weighted by Gasteiger charge is -2.00. The number of pyridine rings is 1. The van der Waals surface area contributed by atoms with Gasteiger partial charge in [-0.15, -0.1) is 0 Å². The molecule has 0 saturated heterocycles. The Morgan fingerprint density at radius 2 is 2.20 bits per heavy atom. The first-order valence-corrected chi connectivity index (χ1v) is 6.89. The first kappa shape index (κ1) is 12.6. The Bertz CT molecular complexity index is 801. The Morgan fingerprint density at radius 3 is 3.00 bits per heavy atom. The molecule has 0 aliphatic rings.